The lowest BCUT2D eigenvalue weighted by atomic mass is 10.1. The fraction of sp³-hybridized carbons (Fsp3) is 0.100. The number of carbonyl (C=O) groups is 2. The number of furan rings is 1. The molecule has 138 valence electrons. The van der Waals surface area contributed by atoms with Crippen LogP contribution in [0, 0.1) is 5.82 Å². The number of primary amides is 1. The van der Waals surface area contributed by atoms with Crippen molar-refractivity contribution in [2.45, 2.75) is 12.8 Å². The largest absolute Gasteiger partial charge is 0.461 e. The quantitative estimate of drug-likeness (QED) is 0.610. The molecule has 0 fully saturated rings. The van der Waals surface area contributed by atoms with Crippen molar-refractivity contribution in [3.8, 4) is 11.3 Å². The number of rotatable bonds is 6. The molecular weight excluding hydrogens is 349 g/mol. The zero-order valence-corrected chi connectivity index (χ0v) is 14.4. The molecule has 27 heavy (non-hydrogen) atoms. The molecule has 0 unspecified atom stereocenters. The van der Waals surface area contributed by atoms with E-state index in [0.29, 0.717) is 34.9 Å². The van der Waals surface area contributed by atoms with Gasteiger partial charge in [-0.3, -0.25) is 4.79 Å². The van der Waals surface area contributed by atoms with E-state index in [4.69, 9.17) is 10.2 Å². The summed E-state index contributed by atoms with van der Waals surface area (Å²) in [6.45, 7) is 0. The maximum absolute atomic E-state index is 13.8. The lowest BCUT2D eigenvalue weighted by molar-refractivity contribution is -0.116. The number of aryl methyl sites for hydroxylation is 1. The molecule has 6 nitrogen and oxygen atoms in total. The zero-order chi connectivity index (χ0) is 19.2. The molecule has 1 aromatic heterocycles. The van der Waals surface area contributed by atoms with Crippen molar-refractivity contribution >= 4 is 23.3 Å². The van der Waals surface area contributed by atoms with Gasteiger partial charge in [-0.2, -0.15) is 0 Å². The standard InChI is InChI=1S/C20H18FN3O3/c21-17-4-2-1-3-16(17)18-11-9-15(27-18)10-12-19(25)23-13-5-7-14(8-6-13)24-20(22)26/h1-9,11H,10,12H2,(H,23,25)(H3,22,24,26). The minimum absolute atomic E-state index is 0.186. The molecule has 4 N–H and O–H groups in total. The summed E-state index contributed by atoms with van der Waals surface area (Å²) in [5, 5.41) is 5.19. The Labute approximate surface area is 155 Å². The van der Waals surface area contributed by atoms with Gasteiger partial charge in [-0.25, -0.2) is 9.18 Å². The number of amides is 3. The van der Waals surface area contributed by atoms with Crippen LogP contribution in [-0.4, -0.2) is 11.9 Å². The third-order valence-electron chi connectivity index (χ3n) is 3.84. The van der Waals surface area contributed by atoms with E-state index in [2.05, 4.69) is 10.6 Å². The molecular formula is C20H18FN3O3. The molecule has 0 atom stereocenters. The van der Waals surface area contributed by atoms with E-state index in [0.717, 1.165) is 0 Å². The average molecular weight is 367 g/mol. The maximum Gasteiger partial charge on any atom is 0.316 e. The number of benzene rings is 2. The first kappa shape index (κ1) is 18.2. The van der Waals surface area contributed by atoms with Crippen molar-refractivity contribution in [3.63, 3.8) is 0 Å². The predicted molar refractivity (Wildman–Crippen MR) is 101 cm³/mol. The van der Waals surface area contributed by atoms with Crippen molar-refractivity contribution in [2.75, 3.05) is 10.6 Å². The van der Waals surface area contributed by atoms with Crippen molar-refractivity contribution in [1.29, 1.82) is 0 Å². The van der Waals surface area contributed by atoms with Gasteiger partial charge >= 0.3 is 6.03 Å². The Morgan fingerprint density at radius 2 is 1.59 bits per heavy atom. The number of hydrogen-bond acceptors (Lipinski definition) is 3. The van der Waals surface area contributed by atoms with E-state index in [1.165, 1.54) is 6.07 Å². The van der Waals surface area contributed by atoms with Gasteiger partial charge < -0.3 is 20.8 Å². The average Bonchev–Trinajstić information content (AvgIpc) is 3.10. The molecule has 2 aromatic carbocycles. The first-order chi connectivity index (χ1) is 13.0. The molecule has 0 bridgehead atoms. The van der Waals surface area contributed by atoms with Gasteiger partial charge in [0.1, 0.15) is 17.3 Å². The van der Waals surface area contributed by atoms with Crippen LogP contribution < -0.4 is 16.4 Å². The molecule has 0 aliphatic carbocycles. The highest BCUT2D eigenvalue weighted by Crippen LogP contribution is 2.25. The molecule has 0 spiro atoms. The topological polar surface area (TPSA) is 97.4 Å². The molecule has 7 heteroatoms. The Morgan fingerprint density at radius 3 is 2.26 bits per heavy atom. The zero-order valence-electron chi connectivity index (χ0n) is 14.4. The van der Waals surface area contributed by atoms with Crippen LogP contribution in [0.4, 0.5) is 20.6 Å². The summed E-state index contributed by atoms with van der Waals surface area (Å²) in [5.41, 5.74) is 6.56. The summed E-state index contributed by atoms with van der Waals surface area (Å²) in [7, 11) is 0. The Hall–Kier alpha value is -3.61. The maximum atomic E-state index is 13.8. The van der Waals surface area contributed by atoms with Gasteiger partial charge in [-0.05, 0) is 48.5 Å². The van der Waals surface area contributed by atoms with E-state index in [1.54, 1.807) is 54.6 Å². The minimum Gasteiger partial charge on any atom is -0.461 e. The number of urea groups is 1. The van der Waals surface area contributed by atoms with Crippen molar-refractivity contribution < 1.29 is 18.4 Å². The molecule has 3 aromatic rings. The van der Waals surface area contributed by atoms with Crippen molar-refractivity contribution in [3.05, 3.63) is 72.2 Å². The minimum atomic E-state index is -0.653. The third kappa shape index (κ3) is 4.94. The first-order valence-corrected chi connectivity index (χ1v) is 8.31. The number of nitrogens with two attached hydrogens (primary N) is 1. The number of halogens is 1. The molecule has 3 amide bonds. The SMILES string of the molecule is NC(=O)Nc1ccc(NC(=O)CCc2ccc(-c3ccccc3F)o2)cc1. The second-order valence-electron chi connectivity index (χ2n) is 5.86. The predicted octanol–water partition coefficient (Wildman–Crippen LogP) is 4.15. The highest BCUT2D eigenvalue weighted by Gasteiger charge is 2.10. The van der Waals surface area contributed by atoms with Gasteiger partial charge in [0.25, 0.3) is 0 Å². The fourth-order valence-electron chi connectivity index (χ4n) is 2.56. The van der Waals surface area contributed by atoms with Gasteiger partial charge in [0.15, 0.2) is 0 Å². The first-order valence-electron chi connectivity index (χ1n) is 8.31. The van der Waals surface area contributed by atoms with Gasteiger partial charge in [-0.15, -0.1) is 0 Å². The molecule has 0 aliphatic heterocycles. The summed E-state index contributed by atoms with van der Waals surface area (Å²) in [4.78, 5) is 22.9. The lowest BCUT2D eigenvalue weighted by Gasteiger charge is -2.06. The van der Waals surface area contributed by atoms with Crippen LogP contribution in [-0.2, 0) is 11.2 Å². The van der Waals surface area contributed by atoms with Crippen LogP contribution in [0.2, 0.25) is 0 Å². The number of hydrogen-bond donors (Lipinski definition) is 3. The summed E-state index contributed by atoms with van der Waals surface area (Å²) in [5.74, 6) is 0.491. The van der Waals surface area contributed by atoms with Crippen LogP contribution in [0.3, 0.4) is 0 Å². The monoisotopic (exact) mass is 367 g/mol. The van der Waals surface area contributed by atoms with E-state index in [1.807, 2.05) is 0 Å². The highest BCUT2D eigenvalue weighted by atomic mass is 19.1. The van der Waals surface area contributed by atoms with Gasteiger partial charge in [0.05, 0.1) is 5.56 Å². The molecule has 1 heterocycles. The second-order valence-corrected chi connectivity index (χ2v) is 5.86. The van der Waals surface area contributed by atoms with Gasteiger partial charge in [0.2, 0.25) is 5.91 Å². The Kier molecular flexibility index (Phi) is 5.51. The van der Waals surface area contributed by atoms with Crippen LogP contribution in [0.1, 0.15) is 12.2 Å². The van der Waals surface area contributed by atoms with Gasteiger partial charge in [0, 0.05) is 24.2 Å². The Bertz CT molecular complexity index is 951. The van der Waals surface area contributed by atoms with Crippen LogP contribution in [0.25, 0.3) is 11.3 Å². The number of nitrogens with one attached hydrogen (secondary N) is 2. The molecule has 0 saturated carbocycles. The van der Waals surface area contributed by atoms with Crippen molar-refractivity contribution in [1.82, 2.24) is 0 Å². The summed E-state index contributed by atoms with van der Waals surface area (Å²) in [6.07, 6.45) is 0.604. The second kappa shape index (κ2) is 8.18. The van der Waals surface area contributed by atoms with Crippen LogP contribution in [0.5, 0.6) is 0 Å². The molecule has 3 rings (SSSR count). The van der Waals surface area contributed by atoms with Crippen LogP contribution in [0.15, 0.2) is 65.1 Å². The molecule has 0 radical (unpaired) electrons. The van der Waals surface area contributed by atoms with E-state index < -0.39 is 6.03 Å². The Morgan fingerprint density at radius 1 is 0.926 bits per heavy atom. The number of anilines is 2. The van der Waals surface area contributed by atoms with E-state index in [-0.39, 0.29) is 18.1 Å². The third-order valence-corrected chi connectivity index (χ3v) is 3.84. The van der Waals surface area contributed by atoms with Crippen molar-refractivity contribution in [2.24, 2.45) is 5.73 Å². The van der Waals surface area contributed by atoms with Gasteiger partial charge in [-0.1, -0.05) is 12.1 Å². The smallest absolute Gasteiger partial charge is 0.316 e. The fourth-order valence-corrected chi connectivity index (χ4v) is 2.56. The lowest BCUT2D eigenvalue weighted by Crippen LogP contribution is -2.19. The van der Waals surface area contributed by atoms with Crippen LogP contribution >= 0.6 is 0 Å². The summed E-state index contributed by atoms with van der Waals surface area (Å²) in [6, 6.07) is 15.7. The van der Waals surface area contributed by atoms with E-state index in [9.17, 15) is 14.0 Å². The normalized spacial score (nSPS) is 10.4. The summed E-state index contributed by atoms with van der Waals surface area (Å²) >= 11 is 0. The number of carbonyl (C=O) groups excluding carboxylic acids is 2. The Balaban J connectivity index is 1.54. The molecule has 0 saturated heterocycles. The highest BCUT2D eigenvalue weighted by molar-refractivity contribution is 5.92. The molecule has 0 aliphatic rings. The summed E-state index contributed by atoms with van der Waals surface area (Å²) < 4.78 is 19.4. The van der Waals surface area contributed by atoms with E-state index >= 15 is 0 Å².